The Hall–Kier alpha value is -1.01. The van der Waals surface area contributed by atoms with Crippen molar-refractivity contribution in [2.45, 2.75) is 103 Å². The van der Waals surface area contributed by atoms with Crippen LogP contribution in [0.1, 0.15) is 97.3 Å². The van der Waals surface area contributed by atoms with E-state index in [1.807, 2.05) is 0 Å². The lowest BCUT2D eigenvalue weighted by atomic mass is 10.1. The Kier molecular flexibility index (Phi) is 16.6. The van der Waals surface area contributed by atoms with Gasteiger partial charge in [-0.1, -0.05) is 71.1 Å². The van der Waals surface area contributed by atoms with Crippen LogP contribution in [0.15, 0.2) is 0 Å². The average molecular weight is 325 g/mol. The Morgan fingerprint density at radius 2 is 1.57 bits per heavy atom. The molecule has 0 amide bonds. The van der Waals surface area contributed by atoms with Crippen molar-refractivity contribution in [2.24, 2.45) is 0 Å². The van der Waals surface area contributed by atoms with Crippen molar-refractivity contribution in [1.29, 1.82) is 0 Å². The molecular weight excluding hydrogens is 288 g/mol. The molecule has 0 aromatic heterocycles. The van der Waals surface area contributed by atoms with Crippen LogP contribution in [-0.4, -0.2) is 23.8 Å². The molecule has 0 saturated carbocycles. The molecule has 0 aliphatic carbocycles. The number of rotatable bonds is 15. The standard InChI is InChI=1S/C20H36O3/c1-3-5-7-9-10-11-12-13-15-19(16-17-20(21)22)23-18-14-8-6-4-2/h19H,3-12,14,16-18H2,1-2H3,(H,21,22)/t19-/m0/s1. The van der Waals surface area contributed by atoms with Crippen molar-refractivity contribution in [3.05, 3.63) is 0 Å². The van der Waals surface area contributed by atoms with Gasteiger partial charge >= 0.3 is 5.97 Å². The molecule has 0 unspecified atom stereocenters. The lowest BCUT2D eigenvalue weighted by Crippen LogP contribution is -2.13. The summed E-state index contributed by atoms with van der Waals surface area (Å²) in [4.78, 5) is 10.7. The fourth-order valence-corrected chi connectivity index (χ4v) is 2.39. The van der Waals surface area contributed by atoms with Crippen molar-refractivity contribution in [3.8, 4) is 11.8 Å². The van der Waals surface area contributed by atoms with E-state index in [1.165, 1.54) is 51.4 Å². The molecule has 1 atom stereocenters. The van der Waals surface area contributed by atoms with Gasteiger partial charge in [0.15, 0.2) is 0 Å². The van der Waals surface area contributed by atoms with Crippen molar-refractivity contribution in [2.75, 3.05) is 6.61 Å². The zero-order valence-corrected chi connectivity index (χ0v) is 15.2. The summed E-state index contributed by atoms with van der Waals surface area (Å²) < 4.78 is 5.76. The van der Waals surface area contributed by atoms with Crippen molar-refractivity contribution in [3.63, 3.8) is 0 Å². The fourth-order valence-electron chi connectivity index (χ4n) is 2.39. The molecule has 0 bridgehead atoms. The summed E-state index contributed by atoms with van der Waals surface area (Å²) in [5.41, 5.74) is 0. The van der Waals surface area contributed by atoms with Crippen LogP contribution in [0, 0.1) is 11.8 Å². The van der Waals surface area contributed by atoms with Gasteiger partial charge in [0.05, 0.1) is 0 Å². The molecule has 0 saturated heterocycles. The van der Waals surface area contributed by atoms with Gasteiger partial charge < -0.3 is 9.84 Å². The number of hydrogen-bond donors (Lipinski definition) is 1. The molecule has 0 fully saturated rings. The van der Waals surface area contributed by atoms with Crippen molar-refractivity contribution < 1.29 is 14.6 Å². The first-order valence-electron chi connectivity index (χ1n) is 9.52. The Bertz CT molecular complexity index is 328. The highest BCUT2D eigenvalue weighted by molar-refractivity contribution is 5.66. The Morgan fingerprint density at radius 3 is 2.22 bits per heavy atom. The third kappa shape index (κ3) is 17.2. The second-order valence-electron chi connectivity index (χ2n) is 6.19. The van der Waals surface area contributed by atoms with Gasteiger partial charge in [-0.2, -0.15) is 0 Å². The lowest BCUT2D eigenvalue weighted by Gasteiger charge is -2.11. The zero-order chi connectivity index (χ0) is 17.2. The van der Waals surface area contributed by atoms with Gasteiger partial charge in [0.25, 0.3) is 0 Å². The number of carboxylic acids is 1. The molecule has 0 aromatic rings. The highest BCUT2D eigenvalue weighted by atomic mass is 16.5. The summed E-state index contributed by atoms with van der Waals surface area (Å²) in [6.07, 6.45) is 13.6. The van der Waals surface area contributed by atoms with Gasteiger partial charge in [-0.3, -0.25) is 4.79 Å². The zero-order valence-electron chi connectivity index (χ0n) is 15.2. The third-order valence-corrected chi connectivity index (χ3v) is 3.86. The lowest BCUT2D eigenvalue weighted by molar-refractivity contribution is -0.137. The second-order valence-corrected chi connectivity index (χ2v) is 6.19. The number of hydrogen-bond acceptors (Lipinski definition) is 2. The number of aliphatic carboxylic acids is 1. The summed E-state index contributed by atoms with van der Waals surface area (Å²) in [6.45, 7) is 5.10. The molecule has 0 aliphatic rings. The molecule has 0 radical (unpaired) electrons. The van der Waals surface area contributed by atoms with Gasteiger partial charge in [-0.05, 0) is 19.3 Å². The smallest absolute Gasteiger partial charge is 0.303 e. The fraction of sp³-hybridized carbons (Fsp3) is 0.850. The number of unbranched alkanes of at least 4 members (excludes halogenated alkanes) is 9. The van der Waals surface area contributed by atoms with Crippen LogP contribution < -0.4 is 0 Å². The summed E-state index contributed by atoms with van der Waals surface area (Å²) in [7, 11) is 0. The van der Waals surface area contributed by atoms with E-state index in [4.69, 9.17) is 9.84 Å². The molecular formula is C20H36O3. The van der Waals surface area contributed by atoms with Crippen LogP contribution in [0.3, 0.4) is 0 Å². The van der Waals surface area contributed by atoms with E-state index in [2.05, 4.69) is 25.7 Å². The number of carbonyl (C=O) groups is 1. The maximum Gasteiger partial charge on any atom is 0.303 e. The summed E-state index contributed by atoms with van der Waals surface area (Å²) in [5, 5.41) is 8.81. The number of ether oxygens (including phenoxy) is 1. The third-order valence-electron chi connectivity index (χ3n) is 3.86. The maximum atomic E-state index is 10.7. The Morgan fingerprint density at radius 1 is 0.957 bits per heavy atom. The van der Waals surface area contributed by atoms with Crippen LogP contribution in [0.2, 0.25) is 0 Å². The predicted molar refractivity (Wildman–Crippen MR) is 96.5 cm³/mol. The van der Waals surface area contributed by atoms with E-state index in [0.29, 0.717) is 13.0 Å². The maximum absolute atomic E-state index is 10.7. The normalized spacial score (nSPS) is 11.7. The summed E-state index contributed by atoms with van der Waals surface area (Å²) in [6, 6.07) is 0. The molecule has 0 spiro atoms. The number of carboxylic acid groups (broad SMARTS) is 1. The first-order valence-corrected chi connectivity index (χ1v) is 9.52. The quantitative estimate of drug-likeness (QED) is 0.316. The van der Waals surface area contributed by atoms with Gasteiger partial charge in [-0.15, -0.1) is 5.92 Å². The minimum absolute atomic E-state index is 0.130. The highest BCUT2D eigenvalue weighted by Crippen LogP contribution is 2.08. The molecule has 0 aliphatic heterocycles. The van der Waals surface area contributed by atoms with E-state index >= 15 is 0 Å². The average Bonchev–Trinajstić information content (AvgIpc) is 2.53. The Balaban J connectivity index is 3.90. The minimum Gasteiger partial charge on any atom is -0.481 e. The van der Waals surface area contributed by atoms with E-state index in [1.54, 1.807) is 0 Å². The van der Waals surface area contributed by atoms with Gasteiger partial charge in [0, 0.05) is 19.4 Å². The first kappa shape index (κ1) is 22.0. The van der Waals surface area contributed by atoms with Gasteiger partial charge in [0.1, 0.15) is 6.10 Å². The van der Waals surface area contributed by atoms with Crippen LogP contribution >= 0.6 is 0 Å². The SMILES string of the molecule is CCCCCCCCC#C[C@@H](CCC(=O)O)OCCCCCC. The second kappa shape index (κ2) is 17.3. The van der Waals surface area contributed by atoms with Crippen LogP contribution in [0.5, 0.6) is 0 Å². The van der Waals surface area contributed by atoms with Crippen LogP contribution in [-0.2, 0) is 9.53 Å². The van der Waals surface area contributed by atoms with E-state index in [9.17, 15) is 4.79 Å². The minimum atomic E-state index is -0.776. The van der Waals surface area contributed by atoms with E-state index in [-0.39, 0.29) is 12.5 Å². The molecule has 3 heteroatoms. The van der Waals surface area contributed by atoms with Crippen LogP contribution in [0.25, 0.3) is 0 Å². The molecule has 23 heavy (non-hydrogen) atoms. The predicted octanol–water partition coefficient (Wildman–Crippen LogP) is 5.57. The monoisotopic (exact) mass is 324 g/mol. The Labute approximate surface area is 143 Å². The molecule has 0 heterocycles. The molecule has 3 nitrogen and oxygen atoms in total. The van der Waals surface area contributed by atoms with Crippen molar-refractivity contribution >= 4 is 5.97 Å². The largest absolute Gasteiger partial charge is 0.481 e. The van der Waals surface area contributed by atoms with Crippen molar-refractivity contribution in [1.82, 2.24) is 0 Å². The van der Waals surface area contributed by atoms with E-state index < -0.39 is 5.97 Å². The molecule has 0 rings (SSSR count). The topological polar surface area (TPSA) is 46.5 Å². The summed E-state index contributed by atoms with van der Waals surface area (Å²) in [5.74, 6) is 5.54. The highest BCUT2D eigenvalue weighted by Gasteiger charge is 2.08. The summed E-state index contributed by atoms with van der Waals surface area (Å²) >= 11 is 0. The van der Waals surface area contributed by atoms with Crippen LogP contribution in [0.4, 0.5) is 0 Å². The van der Waals surface area contributed by atoms with Gasteiger partial charge in [0.2, 0.25) is 0 Å². The molecule has 0 aromatic carbocycles. The molecule has 1 N–H and O–H groups in total. The first-order chi connectivity index (χ1) is 11.2. The van der Waals surface area contributed by atoms with Gasteiger partial charge in [-0.25, -0.2) is 0 Å². The molecule has 134 valence electrons. The van der Waals surface area contributed by atoms with E-state index in [0.717, 1.165) is 19.3 Å².